The second-order valence-corrected chi connectivity index (χ2v) is 10.8. The van der Waals surface area contributed by atoms with Crippen molar-refractivity contribution in [3.8, 4) is 0 Å². The summed E-state index contributed by atoms with van der Waals surface area (Å²) in [6.45, 7) is 1.31. The van der Waals surface area contributed by atoms with E-state index in [0.29, 0.717) is 19.0 Å². The van der Waals surface area contributed by atoms with Gasteiger partial charge in [0.25, 0.3) is 0 Å². The van der Waals surface area contributed by atoms with Gasteiger partial charge in [0.05, 0.1) is 17.6 Å². The molecule has 0 atom stereocenters. The van der Waals surface area contributed by atoms with Gasteiger partial charge in [0.15, 0.2) is 0 Å². The van der Waals surface area contributed by atoms with Gasteiger partial charge in [0.2, 0.25) is 5.91 Å². The van der Waals surface area contributed by atoms with E-state index in [9.17, 15) is 4.79 Å². The van der Waals surface area contributed by atoms with E-state index in [0.717, 1.165) is 70.9 Å². The number of halogens is 1. The minimum atomic E-state index is -0.0908. The van der Waals surface area contributed by atoms with Crippen LogP contribution in [0.25, 0.3) is 11.0 Å². The number of nitrogens with zero attached hydrogens (tertiary/aromatic N) is 2. The Balaban J connectivity index is 1.19. The largest absolute Gasteiger partial charge is 0.355 e. The molecular weight excluding hydrogens is 418 g/mol. The molecule has 1 N–H and O–H groups in total. The van der Waals surface area contributed by atoms with E-state index >= 15 is 0 Å². The molecule has 4 saturated carbocycles. The van der Waals surface area contributed by atoms with Gasteiger partial charge in [-0.15, -0.1) is 0 Å². The summed E-state index contributed by atoms with van der Waals surface area (Å²) in [5, 5.41) is 4.09. The van der Waals surface area contributed by atoms with Crippen LogP contribution in [-0.2, 0) is 17.8 Å². The molecule has 1 aromatic heterocycles. The van der Waals surface area contributed by atoms with Crippen molar-refractivity contribution in [2.75, 3.05) is 6.54 Å². The molecule has 1 heterocycles. The van der Waals surface area contributed by atoms with Gasteiger partial charge in [-0.05, 0) is 80.0 Å². The maximum Gasteiger partial charge on any atom is 0.226 e. The van der Waals surface area contributed by atoms with Crippen LogP contribution >= 0.6 is 11.6 Å². The molecule has 0 radical (unpaired) electrons. The highest BCUT2D eigenvalue weighted by molar-refractivity contribution is 6.31. The lowest BCUT2D eigenvalue weighted by molar-refractivity contribution is -0.146. The van der Waals surface area contributed by atoms with E-state index in [1.807, 2.05) is 30.3 Å². The number of rotatable bonds is 6. The number of fused-ring (bicyclic) bond motifs is 1. The fourth-order valence-corrected chi connectivity index (χ4v) is 7.35. The first-order valence-electron chi connectivity index (χ1n) is 12.1. The number of imidazole rings is 1. The summed E-state index contributed by atoms with van der Waals surface area (Å²) in [6, 6.07) is 16.2. The summed E-state index contributed by atoms with van der Waals surface area (Å²) in [5.74, 6) is 3.65. The Labute approximate surface area is 194 Å². The molecule has 1 amide bonds. The number of hydrogen-bond acceptors (Lipinski definition) is 2. The summed E-state index contributed by atoms with van der Waals surface area (Å²) in [5.41, 5.74) is 3.08. The van der Waals surface area contributed by atoms with Gasteiger partial charge >= 0.3 is 0 Å². The number of carbonyl (C=O) groups is 1. The van der Waals surface area contributed by atoms with Crippen molar-refractivity contribution in [1.82, 2.24) is 14.9 Å². The Hall–Kier alpha value is -2.33. The Kier molecular flexibility index (Phi) is 5.02. The maximum atomic E-state index is 13.3. The summed E-state index contributed by atoms with van der Waals surface area (Å²) in [4.78, 5) is 18.2. The standard InChI is InChI=1S/C27H30ClN3O/c28-22-6-2-1-5-21(22)17-31-24-8-4-3-7-23(24)30-25(31)9-10-29-26(32)27-14-18-11-19(15-27)13-20(12-18)16-27/h1-8,18-20H,9-17H2,(H,29,32). The molecule has 7 rings (SSSR count). The van der Waals surface area contributed by atoms with Crippen molar-refractivity contribution in [3.05, 3.63) is 64.9 Å². The second-order valence-electron chi connectivity index (χ2n) is 10.4. The average molecular weight is 448 g/mol. The average Bonchev–Trinajstić information content (AvgIpc) is 3.11. The minimum absolute atomic E-state index is 0.0908. The predicted octanol–water partition coefficient (Wildman–Crippen LogP) is 5.61. The number of nitrogens with one attached hydrogen (secondary N) is 1. The number of carbonyl (C=O) groups excluding carboxylic acids is 1. The van der Waals surface area contributed by atoms with E-state index in [-0.39, 0.29) is 5.41 Å². The topological polar surface area (TPSA) is 46.9 Å². The molecule has 0 unspecified atom stereocenters. The molecular formula is C27H30ClN3O. The van der Waals surface area contributed by atoms with Gasteiger partial charge in [-0.3, -0.25) is 4.79 Å². The van der Waals surface area contributed by atoms with Gasteiger partial charge in [-0.1, -0.05) is 41.9 Å². The Morgan fingerprint density at radius 1 is 1.00 bits per heavy atom. The Morgan fingerprint density at radius 3 is 2.38 bits per heavy atom. The molecule has 166 valence electrons. The van der Waals surface area contributed by atoms with Crippen molar-refractivity contribution in [2.45, 2.75) is 51.5 Å². The van der Waals surface area contributed by atoms with Crippen molar-refractivity contribution >= 4 is 28.5 Å². The zero-order valence-electron chi connectivity index (χ0n) is 18.4. The first kappa shape index (κ1) is 20.3. The molecule has 3 aromatic rings. The number of para-hydroxylation sites is 2. The first-order valence-corrected chi connectivity index (χ1v) is 12.4. The highest BCUT2D eigenvalue weighted by atomic mass is 35.5. The van der Waals surface area contributed by atoms with Crippen LogP contribution in [0.2, 0.25) is 5.02 Å². The monoisotopic (exact) mass is 447 g/mol. The summed E-state index contributed by atoms with van der Waals surface area (Å²) in [6.07, 6.45) is 8.12. The molecule has 4 aliphatic carbocycles. The summed E-state index contributed by atoms with van der Waals surface area (Å²) in [7, 11) is 0. The van der Waals surface area contributed by atoms with Crippen LogP contribution in [0.4, 0.5) is 0 Å². The molecule has 0 saturated heterocycles. The number of amides is 1. The molecule has 2 aromatic carbocycles. The third-order valence-corrected chi connectivity index (χ3v) is 8.54. The molecule has 4 nitrogen and oxygen atoms in total. The van der Waals surface area contributed by atoms with Gasteiger partial charge in [0.1, 0.15) is 5.82 Å². The number of hydrogen-bond donors (Lipinski definition) is 1. The summed E-state index contributed by atoms with van der Waals surface area (Å²) >= 11 is 6.45. The van der Waals surface area contributed by atoms with Gasteiger partial charge in [0, 0.05) is 23.4 Å². The lowest BCUT2D eigenvalue weighted by atomic mass is 9.49. The lowest BCUT2D eigenvalue weighted by Crippen LogP contribution is -2.53. The number of benzene rings is 2. The van der Waals surface area contributed by atoms with Crippen LogP contribution in [0, 0.1) is 23.2 Å². The molecule has 4 fully saturated rings. The Morgan fingerprint density at radius 2 is 1.66 bits per heavy atom. The predicted molar refractivity (Wildman–Crippen MR) is 128 cm³/mol. The van der Waals surface area contributed by atoms with E-state index in [1.54, 1.807) is 0 Å². The van der Waals surface area contributed by atoms with Gasteiger partial charge in [-0.25, -0.2) is 4.98 Å². The third kappa shape index (κ3) is 3.53. The number of aromatic nitrogens is 2. The zero-order chi connectivity index (χ0) is 21.7. The quantitative estimate of drug-likeness (QED) is 0.533. The molecule has 4 bridgehead atoms. The van der Waals surface area contributed by atoms with Crippen LogP contribution in [-0.4, -0.2) is 22.0 Å². The van der Waals surface area contributed by atoms with Crippen molar-refractivity contribution in [1.29, 1.82) is 0 Å². The van der Waals surface area contributed by atoms with Gasteiger partial charge < -0.3 is 9.88 Å². The van der Waals surface area contributed by atoms with E-state index < -0.39 is 0 Å². The van der Waals surface area contributed by atoms with Crippen LogP contribution in [0.3, 0.4) is 0 Å². The van der Waals surface area contributed by atoms with Crippen LogP contribution in [0.5, 0.6) is 0 Å². The molecule has 5 heteroatoms. The summed E-state index contributed by atoms with van der Waals surface area (Å²) < 4.78 is 2.24. The highest BCUT2D eigenvalue weighted by Gasteiger charge is 2.54. The second kappa shape index (κ2) is 7.91. The smallest absolute Gasteiger partial charge is 0.226 e. The van der Waals surface area contributed by atoms with E-state index in [2.05, 4.69) is 28.1 Å². The van der Waals surface area contributed by atoms with Crippen LogP contribution in [0.1, 0.15) is 49.9 Å². The first-order chi connectivity index (χ1) is 15.6. The van der Waals surface area contributed by atoms with Crippen molar-refractivity contribution in [2.24, 2.45) is 23.2 Å². The fourth-order valence-electron chi connectivity index (χ4n) is 7.15. The lowest BCUT2D eigenvalue weighted by Gasteiger charge is -2.55. The molecule has 0 aliphatic heterocycles. The van der Waals surface area contributed by atoms with E-state index in [1.165, 1.54) is 19.3 Å². The van der Waals surface area contributed by atoms with Crippen LogP contribution in [0.15, 0.2) is 48.5 Å². The van der Waals surface area contributed by atoms with E-state index in [4.69, 9.17) is 16.6 Å². The third-order valence-electron chi connectivity index (χ3n) is 8.17. The fraction of sp³-hybridized carbons (Fsp3) is 0.481. The zero-order valence-corrected chi connectivity index (χ0v) is 19.2. The van der Waals surface area contributed by atoms with Crippen LogP contribution < -0.4 is 5.32 Å². The van der Waals surface area contributed by atoms with Crippen molar-refractivity contribution < 1.29 is 4.79 Å². The van der Waals surface area contributed by atoms with Gasteiger partial charge in [-0.2, -0.15) is 0 Å². The minimum Gasteiger partial charge on any atom is -0.355 e. The van der Waals surface area contributed by atoms with Crippen molar-refractivity contribution in [3.63, 3.8) is 0 Å². The molecule has 32 heavy (non-hydrogen) atoms. The SMILES string of the molecule is O=C(NCCc1nc2ccccc2n1Cc1ccccc1Cl)C12CC3CC(CC(C3)C1)C2. The molecule has 4 aliphatic rings. The normalized spacial score (nSPS) is 28.3. The maximum absolute atomic E-state index is 13.3. The highest BCUT2D eigenvalue weighted by Crippen LogP contribution is 2.60. The molecule has 0 spiro atoms. The Bertz CT molecular complexity index is 1130.